The van der Waals surface area contributed by atoms with Crippen LogP contribution in [0.5, 0.6) is 0 Å². The number of aliphatic imine (C=N–C) groups is 2. The molecule has 0 saturated carbocycles. The van der Waals surface area contributed by atoms with Crippen molar-refractivity contribution in [3.8, 4) is 0 Å². The van der Waals surface area contributed by atoms with Gasteiger partial charge in [-0.15, -0.1) is 16.1 Å². The number of pyridine rings is 1. The molecule has 0 atom stereocenters. The Balaban J connectivity index is -0.000000368. The Morgan fingerprint density at radius 1 is 0.800 bits per heavy atom. The van der Waals surface area contributed by atoms with E-state index >= 15 is 0 Å². The van der Waals surface area contributed by atoms with Crippen molar-refractivity contribution < 1.29 is 16.8 Å². The van der Waals surface area contributed by atoms with E-state index in [1.807, 2.05) is 32.0 Å². The number of rotatable bonds is 2. The molecule has 0 amide bonds. The maximum Gasteiger partial charge on any atom is 2.00 e. The van der Waals surface area contributed by atoms with Crippen molar-refractivity contribution in [3.05, 3.63) is 42.7 Å². The predicted molar refractivity (Wildman–Crippen MR) is 118 cm³/mol. The molecule has 0 aliphatic heterocycles. The van der Waals surface area contributed by atoms with Gasteiger partial charge < -0.3 is 13.1 Å². The van der Waals surface area contributed by atoms with Crippen LogP contribution < -0.4 is 0 Å². The van der Waals surface area contributed by atoms with Crippen molar-refractivity contribution in [2.24, 2.45) is 9.98 Å². The van der Waals surface area contributed by atoms with Gasteiger partial charge in [-0.2, -0.15) is 0 Å². The molecule has 1 rings (SSSR count). The Morgan fingerprint density at radius 3 is 1.24 bits per heavy atom. The molecule has 3 nitrogen and oxygen atoms in total. The summed E-state index contributed by atoms with van der Waals surface area (Å²) < 4.78 is 0. The molecule has 0 saturated heterocycles. The Kier molecular flexibility index (Phi) is 15.9. The van der Waals surface area contributed by atoms with Crippen LogP contribution in [0.15, 0.2) is 28.2 Å². The normalized spacial score (nSPS) is 12.2. The van der Waals surface area contributed by atoms with Crippen LogP contribution in [-0.4, -0.2) is 46.7 Å². The van der Waals surface area contributed by atoms with E-state index in [9.17, 15) is 0 Å². The van der Waals surface area contributed by atoms with E-state index in [-0.39, 0.29) is 16.8 Å². The Labute approximate surface area is 169 Å². The first-order valence-electron chi connectivity index (χ1n) is 8.24. The molecule has 1 aromatic heterocycles. The van der Waals surface area contributed by atoms with E-state index in [2.05, 4.69) is 67.3 Å². The molecule has 25 heavy (non-hydrogen) atoms. The van der Waals surface area contributed by atoms with Crippen molar-refractivity contribution >= 4 is 27.6 Å². The number of hydrogen-bond acceptors (Lipinski definition) is 3. The molecule has 0 fully saturated rings. The third-order valence-electron chi connectivity index (χ3n) is 2.16. The molecule has 0 aliphatic carbocycles. The minimum Gasteiger partial charge on any atom is -0.342 e. The van der Waals surface area contributed by atoms with Crippen molar-refractivity contribution in [3.63, 3.8) is 0 Å². The summed E-state index contributed by atoms with van der Waals surface area (Å²) in [5.41, 5.74) is 3.70. The zero-order valence-corrected chi connectivity index (χ0v) is 20.9. The van der Waals surface area contributed by atoms with E-state index < -0.39 is 16.1 Å². The average Bonchev–Trinajstić information content (AvgIpc) is 2.42. The third-order valence-corrected chi connectivity index (χ3v) is 2.16. The van der Waals surface area contributed by atoms with E-state index in [1.165, 1.54) is 0 Å². The minimum atomic E-state index is -0.861. The average molecular weight is 423 g/mol. The first-order valence-corrected chi connectivity index (χ1v) is 15.7. The van der Waals surface area contributed by atoms with Crippen LogP contribution >= 0.6 is 0 Å². The summed E-state index contributed by atoms with van der Waals surface area (Å²) in [7, 11) is 1.81. The van der Waals surface area contributed by atoms with Crippen LogP contribution in [0.25, 0.3) is 0 Å². The third kappa shape index (κ3) is 23.4. The molecule has 0 aliphatic rings. The Morgan fingerprint density at radius 2 is 1.04 bits per heavy atom. The molecular formula is C19H37CoN3Si2. The summed E-state index contributed by atoms with van der Waals surface area (Å²) in [6, 6.07) is 5.88. The summed E-state index contributed by atoms with van der Waals surface area (Å²) in [6.07, 6.45) is 0. The molecule has 1 radical (unpaired) electrons. The summed E-state index contributed by atoms with van der Waals surface area (Å²) in [5, 5.41) is 0. The number of aromatic nitrogens is 1. The van der Waals surface area contributed by atoms with Gasteiger partial charge in [-0.25, -0.2) is 4.98 Å². The maximum absolute atomic E-state index is 4.45. The molecule has 1 aromatic rings. The minimum absolute atomic E-state index is 0. The van der Waals surface area contributed by atoms with Gasteiger partial charge >= 0.3 is 16.8 Å². The monoisotopic (exact) mass is 422 g/mol. The summed E-state index contributed by atoms with van der Waals surface area (Å²) in [6.45, 7) is 25.0. The quantitative estimate of drug-likeness (QED) is 0.359. The van der Waals surface area contributed by atoms with Crippen LogP contribution in [0.2, 0.25) is 39.3 Å². The summed E-state index contributed by atoms with van der Waals surface area (Å²) >= 11 is 0. The van der Waals surface area contributed by atoms with Crippen LogP contribution in [-0.2, 0) is 16.8 Å². The van der Waals surface area contributed by atoms with Crippen molar-refractivity contribution in [2.45, 2.75) is 53.1 Å². The van der Waals surface area contributed by atoms with E-state index in [4.69, 9.17) is 0 Å². The molecule has 0 aromatic carbocycles. The molecule has 6 heteroatoms. The van der Waals surface area contributed by atoms with Crippen molar-refractivity contribution in [1.29, 1.82) is 0 Å². The van der Waals surface area contributed by atoms with Crippen LogP contribution in [0.4, 0.5) is 0 Å². The number of hydrogen-bond donors (Lipinski definition) is 0. The van der Waals surface area contributed by atoms with Gasteiger partial charge in [0.1, 0.15) is 0 Å². The summed E-state index contributed by atoms with van der Waals surface area (Å²) in [4.78, 5) is 12.7. The van der Waals surface area contributed by atoms with Crippen LogP contribution in [0.3, 0.4) is 0 Å². The molecule has 0 bridgehead atoms. The topological polar surface area (TPSA) is 37.6 Å². The first-order chi connectivity index (χ1) is 10.7. The van der Waals surface area contributed by atoms with E-state index in [0.29, 0.717) is 0 Å². The number of nitrogens with zero attached hydrogens (tertiary/aromatic N) is 3. The summed E-state index contributed by atoms with van der Waals surface area (Å²) in [5.74, 6) is 0. The second kappa shape index (κ2) is 13.6. The largest absolute Gasteiger partial charge is 2.00 e. The second-order valence-corrected chi connectivity index (χ2v) is 18.4. The molecule has 1 heterocycles. The van der Waals surface area contributed by atoms with Gasteiger partial charge in [0.05, 0.1) is 22.8 Å². The van der Waals surface area contributed by atoms with Gasteiger partial charge in [-0.05, 0) is 26.0 Å². The maximum atomic E-state index is 4.45. The SMILES string of the molecule is CN=C(C)c1cccc(C(C)=NC)n1.[CH2-][Si](C)(C)C.[CH2-][Si](C)(C)C.[Co+2]. The van der Waals surface area contributed by atoms with Gasteiger partial charge in [-0.3, -0.25) is 9.98 Å². The molecule has 0 N–H and O–H groups in total. The van der Waals surface area contributed by atoms with Gasteiger partial charge in [0, 0.05) is 14.1 Å². The molecule has 145 valence electrons. The Bertz CT molecular complexity index is 485. The van der Waals surface area contributed by atoms with E-state index in [0.717, 1.165) is 22.8 Å². The fraction of sp³-hybridized carbons (Fsp3) is 0.526. The van der Waals surface area contributed by atoms with Crippen LogP contribution in [0, 0.1) is 13.1 Å². The van der Waals surface area contributed by atoms with Crippen molar-refractivity contribution in [2.75, 3.05) is 14.1 Å². The van der Waals surface area contributed by atoms with Gasteiger partial charge in [-0.1, -0.05) is 45.3 Å². The Hall–Kier alpha value is -0.570. The van der Waals surface area contributed by atoms with Gasteiger partial charge in [0.15, 0.2) is 0 Å². The predicted octanol–water partition coefficient (Wildman–Crippen LogP) is 5.35. The van der Waals surface area contributed by atoms with Gasteiger partial charge in [0.25, 0.3) is 0 Å². The van der Waals surface area contributed by atoms with Crippen molar-refractivity contribution in [1.82, 2.24) is 4.98 Å². The zero-order valence-electron chi connectivity index (χ0n) is 17.8. The molecule has 0 spiro atoms. The fourth-order valence-corrected chi connectivity index (χ4v) is 1.07. The van der Waals surface area contributed by atoms with Gasteiger partial charge in [0.2, 0.25) is 0 Å². The molecular weight excluding hydrogens is 385 g/mol. The fourth-order valence-electron chi connectivity index (χ4n) is 1.07. The second-order valence-electron chi connectivity index (χ2n) is 8.15. The smallest absolute Gasteiger partial charge is 0.342 e. The zero-order chi connectivity index (χ0) is 19.6. The molecule has 0 unspecified atom stereocenters. The first kappa shape index (κ1) is 29.2. The standard InChI is InChI=1S/C11H15N3.2C4H11Si.Co/c1-8(12-3)10-6-5-7-11(14-10)9(2)13-4;2*1-5(2,3)4;/h5-7H,1-4H3;2*1H2,2-4H3;/q;2*-1;+2. The van der Waals surface area contributed by atoms with E-state index in [1.54, 1.807) is 14.1 Å². The van der Waals surface area contributed by atoms with Crippen LogP contribution in [0.1, 0.15) is 25.2 Å².